The highest BCUT2D eigenvalue weighted by Gasteiger charge is 2.79. The highest BCUT2D eigenvalue weighted by atomic mass is 15.6. The minimum absolute atomic E-state index is 0.0500. The smallest absolute Gasteiger partial charge is 0.178 e. The number of nitrogens with zero attached hydrogens (tertiary/aromatic N) is 7. The summed E-state index contributed by atoms with van der Waals surface area (Å²) in [5, 5.41) is 7.65. The Balaban J connectivity index is 1.34. The van der Waals surface area contributed by atoms with E-state index >= 15 is 0 Å². The number of allylic oxidation sites excluding steroid dienone is 2. The highest BCUT2D eigenvalue weighted by Crippen LogP contribution is 2.79. The highest BCUT2D eigenvalue weighted by molar-refractivity contribution is 6.15. The van der Waals surface area contributed by atoms with Crippen LogP contribution in [0.4, 0.5) is 28.7 Å². The van der Waals surface area contributed by atoms with Crippen molar-refractivity contribution in [1.82, 2.24) is 9.97 Å². The molecular weight excluding hydrogens is 554 g/mol. The molecular formula is C38H33N7. The fourth-order valence-corrected chi connectivity index (χ4v) is 8.72. The molecule has 1 aromatic heterocycles. The van der Waals surface area contributed by atoms with Crippen molar-refractivity contribution < 1.29 is 0 Å². The molecule has 0 spiro atoms. The number of hydrazone groups is 1. The topological polar surface area (TPSA) is 51.1 Å². The lowest BCUT2D eigenvalue weighted by Crippen LogP contribution is -2.52. The van der Waals surface area contributed by atoms with Gasteiger partial charge in [0.25, 0.3) is 0 Å². The zero-order valence-electron chi connectivity index (χ0n) is 25.6. The third-order valence-corrected chi connectivity index (χ3v) is 10.7. The molecule has 0 bridgehead atoms. The first-order valence-electron chi connectivity index (χ1n) is 15.4. The van der Waals surface area contributed by atoms with Crippen LogP contribution in [-0.2, 0) is 5.41 Å². The fraction of sp³-hybridized carbons (Fsp3) is 0.184. The second-order valence-corrected chi connectivity index (χ2v) is 12.6. The average molecular weight is 588 g/mol. The van der Waals surface area contributed by atoms with E-state index in [1.54, 1.807) is 12.4 Å². The van der Waals surface area contributed by atoms with E-state index in [2.05, 4.69) is 133 Å². The summed E-state index contributed by atoms with van der Waals surface area (Å²) < 4.78 is 0. The molecule has 1 aliphatic carbocycles. The first-order chi connectivity index (χ1) is 22.0. The predicted molar refractivity (Wildman–Crippen MR) is 183 cm³/mol. The van der Waals surface area contributed by atoms with E-state index in [9.17, 15) is 0 Å². The van der Waals surface area contributed by atoms with Gasteiger partial charge in [-0.25, -0.2) is 15.0 Å². The minimum atomic E-state index is -0.308. The maximum Gasteiger partial charge on any atom is 0.178 e. The van der Waals surface area contributed by atoms with Crippen molar-refractivity contribution in [2.45, 2.75) is 31.6 Å². The van der Waals surface area contributed by atoms with Gasteiger partial charge in [-0.15, -0.1) is 0 Å². The molecule has 4 unspecified atom stereocenters. The summed E-state index contributed by atoms with van der Waals surface area (Å²) in [6.07, 6.45) is 9.10. The van der Waals surface area contributed by atoms with E-state index in [1.165, 1.54) is 28.0 Å². The lowest BCUT2D eigenvalue weighted by Gasteiger charge is -2.42. The van der Waals surface area contributed by atoms with Crippen LogP contribution < -0.4 is 19.7 Å². The summed E-state index contributed by atoms with van der Waals surface area (Å²) in [6, 6.07) is 28.2. The number of amidine groups is 1. The predicted octanol–water partition coefficient (Wildman–Crippen LogP) is 7.41. The number of fused-ring (bicyclic) bond motifs is 11. The van der Waals surface area contributed by atoms with Crippen LogP contribution in [0.2, 0.25) is 0 Å². The van der Waals surface area contributed by atoms with E-state index in [-0.39, 0.29) is 23.2 Å². The number of benzene rings is 3. The van der Waals surface area contributed by atoms with Crippen molar-refractivity contribution in [3.05, 3.63) is 145 Å². The lowest BCUT2D eigenvalue weighted by atomic mass is 9.81. The Morgan fingerprint density at radius 3 is 2.27 bits per heavy atom. The van der Waals surface area contributed by atoms with Crippen LogP contribution in [0, 0.1) is 5.41 Å². The lowest BCUT2D eigenvalue weighted by molar-refractivity contribution is 0.366. The van der Waals surface area contributed by atoms with Crippen LogP contribution in [0.25, 0.3) is 5.57 Å². The average Bonchev–Trinajstić information content (AvgIpc) is 3.45. The third-order valence-electron chi connectivity index (χ3n) is 10.7. The van der Waals surface area contributed by atoms with Gasteiger partial charge in [0.2, 0.25) is 0 Å². The molecule has 1 saturated carbocycles. The number of para-hydroxylation sites is 3. The molecule has 220 valence electrons. The van der Waals surface area contributed by atoms with Gasteiger partial charge in [-0.3, -0.25) is 4.90 Å². The van der Waals surface area contributed by atoms with Gasteiger partial charge in [0, 0.05) is 52.7 Å². The fourth-order valence-electron chi connectivity index (χ4n) is 8.72. The van der Waals surface area contributed by atoms with Crippen molar-refractivity contribution in [2.75, 3.05) is 26.8 Å². The van der Waals surface area contributed by atoms with Gasteiger partial charge in [0.05, 0.1) is 11.4 Å². The quantitative estimate of drug-likeness (QED) is 0.232. The Kier molecular flexibility index (Phi) is 5.10. The Morgan fingerprint density at radius 1 is 0.822 bits per heavy atom. The van der Waals surface area contributed by atoms with Crippen LogP contribution in [0.5, 0.6) is 0 Å². The van der Waals surface area contributed by atoms with E-state index in [0.29, 0.717) is 0 Å². The van der Waals surface area contributed by atoms with Gasteiger partial charge >= 0.3 is 0 Å². The van der Waals surface area contributed by atoms with Gasteiger partial charge < -0.3 is 9.80 Å². The molecule has 7 heteroatoms. The number of rotatable bonds is 4. The minimum Gasteiger partial charge on any atom is -0.332 e. The summed E-state index contributed by atoms with van der Waals surface area (Å²) in [5.41, 5.74) is 9.07. The first kappa shape index (κ1) is 26.0. The van der Waals surface area contributed by atoms with Crippen LogP contribution in [0.15, 0.2) is 139 Å². The summed E-state index contributed by atoms with van der Waals surface area (Å²) >= 11 is 0. The van der Waals surface area contributed by atoms with E-state index in [4.69, 9.17) is 15.1 Å². The zero-order chi connectivity index (χ0) is 30.7. The van der Waals surface area contributed by atoms with Gasteiger partial charge in [-0.05, 0) is 35.4 Å². The third kappa shape index (κ3) is 2.98. The summed E-state index contributed by atoms with van der Waals surface area (Å²) in [7, 11) is 2.14. The maximum atomic E-state index is 5.40. The van der Waals surface area contributed by atoms with Crippen LogP contribution in [-0.4, -0.2) is 35.2 Å². The largest absolute Gasteiger partial charge is 0.332 e. The number of hydrogen-bond acceptors (Lipinski definition) is 7. The van der Waals surface area contributed by atoms with Crippen LogP contribution >= 0.6 is 0 Å². The second-order valence-electron chi connectivity index (χ2n) is 12.6. The standard InChI is InChI=1S/C38H33N7/c1-6-15-24(7-2)32-41-45-29-21-14-12-19-27(29)37(3)31(38(37,4)36(45)43(32)25-16-9-8-10-17-25)30-26-18-11-13-20-28(26)44-34-33(39-22-23-40-34)42(5)35(30)44/h6-23,35-36H,1-2H2,3-5H3/b24-15+,31-30-. The molecule has 45 heavy (non-hydrogen) atoms. The molecule has 5 heterocycles. The SMILES string of the molecule is C=C/C=C(\C=C)C1=NN2c3ccccc3C3(C)/C(=C4\c5ccccc5N5c6nccnc6N(C)C45)C3(C)C2N1c1ccccc1. The van der Waals surface area contributed by atoms with Crippen LogP contribution in [0.1, 0.15) is 25.0 Å². The van der Waals surface area contributed by atoms with Crippen molar-refractivity contribution in [3.8, 4) is 0 Å². The van der Waals surface area contributed by atoms with Crippen molar-refractivity contribution >= 4 is 40.1 Å². The maximum absolute atomic E-state index is 5.40. The van der Waals surface area contributed by atoms with Gasteiger partial charge in [-0.1, -0.05) is 99.8 Å². The Labute approximate surface area is 263 Å². The van der Waals surface area contributed by atoms with Crippen molar-refractivity contribution in [1.29, 1.82) is 0 Å². The molecule has 1 fully saturated rings. The number of hydrogen-bond donors (Lipinski definition) is 0. The molecule has 5 aliphatic rings. The summed E-state index contributed by atoms with van der Waals surface area (Å²) in [4.78, 5) is 16.7. The summed E-state index contributed by atoms with van der Waals surface area (Å²) in [5.74, 6) is 2.67. The Morgan fingerprint density at radius 2 is 1.51 bits per heavy atom. The van der Waals surface area contributed by atoms with E-state index in [1.807, 2.05) is 18.2 Å². The molecule has 4 atom stereocenters. The molecule has 4 aromatic rings. The zero-order valence-corrected chi connectivity index (χ0v) is 25.6. The Bertz CT molecular complexity index is 2040. The Hall–Kier alpha value is -5.43. The summed E-state index contributed by atoms with van der Waals surface area (Å²) in [6.45, 7) is 13.0. The molecule has 0 radical (unpaired) electrons. The molecule has 0 N–H and O–H groups in total. The molecule has 9 rings (SSSR count). The molecule has 3 aromatic carbocycles. The molecule has 7 nitrogen and oxygen atoms in total. The van der Waals surface area contributed by atoms with Crippen molar-refractivity contribution in [2.24, 2.45) is 10.5 Å². The van der Waals surface area contributed by atoms with E-state index in [0.717, 1.165) is 34.4 Å². The van der Waals surface area contributed by atoms with Crippen LogP contribution in [0.3, 0.4) is 0 Å². The van der Waals surface area contributed by atoms with Crippen molar-refractivity contribution in [3.63, 3.8) is 0 Å². The van der Waals surface area contributed by atoms with Gasteiger partial charge in [0.1, 0.15) is 12.3 Å². The van der Waals surface area contributed by atoms with E-state index < -0.39 is 0 Å². The monoisotopic (exact) mass is 587 g/mol. The second kappa shape index (κ2) is 8.82. The molecule has 4 aliphatic heterocycles. The molecule has 0 amide bonds. The van der Waals surface area contributed by atoms with Gasteiger partial charge in [-0.2, -0.15) is 5.10 Å². The normalized spacial score (nSPS) is 28.5. The number of aromatic nitrogens is 2. The number of likely N-dealkylation sites (N-methyl/N-ethyl adjacent to an activating group) is 1. The van der Waals surface area contributed by atoms with Gasteiger partial charge in [0.15, 0.2) is 17.5 Å². The first-order valence-corrected chi connectivity index (χ1v) is 15.4. The number of anilines is 5. The molecule has 0 saturated heterocycles.